The van der Waals surface area contributed by atoms with Crippen molar-refractivity contribution in [1.29, 1.82) is 0 Å². The lowest BCUT2D eigenvalue weighted by Gasteiger charge is -2.37. The molecule has 2 aliphatic heterocycles. The maximum atomic E-state index is 14.0. The van der Waals surface area contributed by atoms with Crippen molar-refractivity contribution in [2.45, 2.75) is 90.0 Å². The summed E-state index contributed by atoms with van der Waals surface area (Å²) in [6, 6.07) is 17.6. The Balaban J connectivity index is 1.51. The van der Waals surface area contributed by atoms with Crippen molar-refractivity contribution in [3.63, 3.8) is 0 Å². The van der Waals surface area contributed by atoms with Crippen LogP contribution < -0.4 is 14.8 Å². The number of hydrogen-bond acceptors (Lipinski definition) is 6. The van der Waals surface area contributed by atoms with Crippen LogP contribution in [0.15, 0.2) is 59.1 Å². The first kappa shape index (κ1) is 34.0. The fraction of sp³-hybridized carbons (Fsp3) is 0.457. The van der Waals surface area contributed by atoms with Gasteiger partial charge in [-0.15, -0.1) is 4.31 Å². The molecule has 242 valence electrons. The molecule has 7 nitrogen and oxygen atoms in total. The van der Waals surface area contributed by atoms with E-state index < -0.39 is 24.4 Å². The molecule has 45 heavy (non-hydrogen) atoms. The Morgan fingerprint density at radius 3 is 2.44 bits per heavy atom. The minimum absolute atomic E-state index is 0.0947. The average Bonchev–Trinajstić information content (AvgIpc) is 3.58. The Morgan fingerprint density at radius 2 is 1.76 bits per heavy atom. The van der Waals surface area contributed by atoms with Crippen LogP contribution in [-0.4, -0.2) is 41.2 Å². The summed E-state index contributed by atoms with van der Waals surface area (Å²) in [5.74, 6) is 1.23. The number of hydrogen-bond donors (Lipinski definition) is 1. The first-order chi connectivity index (χ1) is 21.1. The molecular weight excluding hydrogens is 668 g/mol. The number of nitrogens with zero attached hydrogens (tertiary/aromatic N) is 1. The van der Waals surface area contributed by atoms with Gasteiger partial charge in [-0.25, -0.2) is 0 Å². The van der Waals surface area contributed by atoms with Crippen molar-refractivity contribution in [1.82, 2.24) is 9.62 Å². The molecule has 0 saturated heterocycles. The molecule has 1 N–H and O–H groups in total. The summed E-state index contributed by atoms with van der Waals surface area (Å²) in [5, 5.41) is 3.18. The summed E-state index contributed by atoms with van der Waals surface area (Å²) < 4.78 is 34.2. The Bertz CT molecular complexity index is 1570. The normalized spacial score (nSPS) is 17.3. The van der Waals surface area contributed by atoms with Gasteiger partial charge in [0.25, 0.3) is 5.91 Å². The van der Waals surface area contributed by atoms with Crippen LogP contribution in [0.5, 0.6) is 11.5 Å². The molecule has 2 heterocycles. The minimum Gasteiger partial charge on any atom is -0.597 e. The number of fused-ring (bicyclic) bond motifs is 2. The van der Waals surface area contributed by atoms with Crippen molar-refractivity contribution < 1.29 is 23.2 Å². The predicted octanol–water partition coefficient (Wildman–Crippen LogP) is 8.51. The summed E-state index contributed by atoms with van der Waals surface area (Å²) in [5.41, 5.74) is 5.60. The number of carbonyl (C=O) groups is 1. The number of benzene rings is 3. The van der Waals surface area contributed by atoms with E-state index in [1.54, 1.807) is 0 Å². The molecule has 1 unspecified atom stereocenters. The second-order valence-corrected chi connectivity index (χ2v) is 22.2. The van der Waals surface area contributed by atoms with Crippen LogP contribution in [0.1, 0.15) is 81.1 Å². The number of nitrogens with one attached hydrogen (secondary N) is 1. The van der Waals surface area contributed by atoms with E-state index in [4.69, 9.17) is 13.9 Å². The summed E-state index contributed by atoms with van der Waals surface area (Å²) in [6.07, 6.45) is 0.703. The first-order valence-corrected chi connectivity index (χ1v) is 20.3. The summed E-state index contributed by atoms with van der Waals surface area (Å²) in [4.78, 5) is 13.7. The largest absolute Gasteiger partial charge is 0.597 e. The van der Waals surface area contributed by atoms with Crippen molar-refractivity contribution >= 4 is 41.5 Å². The van der Waals surface area contributed by atoms with E-state index in [1.165, 1.54) is 0 Å². The smallest absolute Gasteiger partial charge is 0.251 e. The Labute approximate surface area is 280 Å². The lowest BCUT2D eigenvalue weighted by Crippen LogP contribution is -2.43. The maximum Gasteiger partial charge on any atom is 0.251 e. The van der Waals surface area contributed by atoms with Gasteiger partial charge in [-0.1, -0.05) is 61.0 Å². The molecule has 0 bridgehead atoms. The first-order valence-electron chi connectivity index (χ1n) is 15.5. The van der Waals surface area contributed by atoms with E-state index in [0.717, 1.165) is 32.3 Å². The molecule has 0 aliphatic carbocycles. The fourth-order valence-electron chi connectivity index (χ4n) is 5.49. The quantitative estimate of drug-likeness (QED) is 0.177. The molecule has 2 aliphatic rings. The molecule has 0 spiro atoms. The highest BCUT2D eigenvalue weighted by Gasteiger charge is 2.45. The van der Waals surface area contributed by atoms with Gasteiger partial charge in [-0.2, -0.15) is 0 Å². The van der Waals surface area contributed by atoms with Gasteiger partial charge in [0.2, 0.25) is 6.79 Å². The second kappa shape index (κ2) is 13.0. The second-order valence-electron chi connectivity index (χ2n) is 14.3. The van der Waals surface area contributed by atoms with Gasteiger partial charge in [0.1, 0.15) is 4.75 Å². The van der Waals surface area contributed by atoms with Crippen LogP contribution in [0.25, 0.3) is 11.1 Å². The van der Waals surface area contributed by atoms with Gasteiger partial charge < -0.3 is 23.8 Å². The van der Waals surface area contributed by atoms with Crippen molar-refractivity contribution in [3.05, 3.63) is 81.3 Å². The molecule has 0 radical (unpaired) electrons. The third kappa shape index (κ3) is 7.31. The van der Waals surface area contributed by atoms with Crippen LogP contribution in [0.3, 0.4) is 0 Å². The fourth-order valence-corrected chi connectivity index (χ4v) is 8.45. The van der Waals surface area contributed by atoms with Gasteiger partial charge in [0.05, 0.1) is 12.6 Å². The monoisotopic (exact) mass is 712 g/mol. The molecule has 10 heteroatoms. The zero-order chi connectivity index (χ0) is 32.7. The SMILES string of the molecule is CC(C)(C)[S+]([O-])N1Cc2cc(C(=O)NCc3ccc4c(c3)OCO4)cc(-c3ccccc3Br)c2[C@H]1CCO[Si](C)(C)C(C)(C)C. The molecule has 0 aromatic heterocycles. The van der Waals surface area contributed by atoms with Crippen molar-refractivity contribution in [3.8, 4) is 22.6 Å². The molecule has 1 amide bonds. The summed E-state index contributed by atoms with van der Waals surface area (Å²) >= 11 is 2.50. The van der Waals surface area contributed by atoms with Crippen LogP contribution in [0.2, 0.25) is 18.1 Å². The van der Waals surface area contributed by atoms with Gasteiger partial charge >= 0.3 is 0 Å². The maximum absolute atomic E-state index is 14.0. The molecule has 3 aromatic rings. The highest BCUT2D eigenvalue weighted by molar-refractivity contribution is 9.10. The van der Waals surface area contributed by atoms with E-state index >= 15 is 0 Å². The van der Waals surface area contributed by atoms with Gasteiger partial charge in [0, 0.05) is 34.5 Å². The molecular formula is C35H45BrN2O5SSi. The molecule has 0 saturated carbocycles. The lowest BCUT2D eigenvalue weighted by molar-refractivity contribution is 0.0950. The Kier molecular flexibility index (Phi) is 9.86. The third-order valence-corrected chi connectivity index (χ3v) is 16.1. The summed E-state index contributed by atoms with van der Waals surface area (Å²) in [6.45, 7) is 18.9. The molecule has 5 rings (SSSR count). The average molecular weight is 714 g/mol. The third-order valence-electron chi connectivity index (χ3n) is 8.99. The number of ether oxygens (including phenoxy) is 2. The molecule has 2 atom stereocenters. The number of rotatable bonds is 9. The highest BCUT2D eigenvalue weighted by atomic mass is 79.9. The predicted molar refractivity (Wildman–Crippen MR) is 187 cm³/mol. The van der Waals surface area contributed by atoms with Crippen LogP contribution >= 0.6 is 15.9 Å². The number of halogens is 1. The number of carbonyl (C=O) groups excluding carboxylic acids is 1. The highest BCUT2D eigenvalue weighted by Crippen LogP contribution is 2.47. The molecule has 0 fully saturated rings. The lowest BCUT2D eigenvalue weighted by atomic mass is 9.90. The zero-order valence-electron chi connectivity index (χ0n) is 27.6. The van der Waals surface area contributed by atoms with E-state index in [0.29, 0.717) is 43.2 Å². The van der Waals surface area contributed by atoms with Gasteiger partial charge in [0.15, 0.2) is 19.8 Å². The van der Waals surface area contributed by atoms with E-state index in [2.05, 4.69) is 65.5 Å². The number of amides is 1. The van der Waals surface area contributed by atoms with Crippen molar-refractivity contribution in [2.75, 3.05) is 13.4 Å². The van der Waals surface area contributed by atoms with Crippen LogP contribution in [0, 0.1) is 0 Å². The molecule has 3 aromatic carbocycles. The summed E-state index contributed by atoms with van der Waals surface area (Å²) in [7, 11) is -1.98. The van der Waals surface area contributed by atoms with Crippen LogP contribution in [-0.2, 0) is 28.9 Å². The van der Waals surface area contributed by atoms with Crippen molar-refractivity contribution in [2.24, 2.45) is 0 Å². The van der Waals surface area contributed by atoms with Crippen LogP contribution in [0.4, 0.5) is 0 Å². The van der Waals surface area contributed by atoms with Gasteiger partial charge in [-0.05, 0) is 103 Å². The Hall–Kier alpha value is -2.34. The Morgan fingerprint density at radius 1 is 1.04 bits per heavy atom. The minimum atomic E-state index is -1.98. The topological polar surface area (TPSA) is 83.1 Å². The zero-order valence-corrected chi connectivity index (χ0v) is 31.0. The van der Waals surface area contributed by atoms with E-state index in [1.807, 2.05) is 69.3 Å². The van der Waals surface area contributed by atoms with Gasteiger partial charge in [-0.3, -0.25) is 4.79 Å². The van der Waals surface area contributed by atoms with E-state index in [9.17, 15) is 9.35 Å². The standard InChI is InChI=1S/C35H45BrN2O5SSi/c1-34(2,3)44(40)38-21-25-18-24(33(39)37-20-23-13-14-30-31(17-23)42-22-41-30)19-27(26-11-9-10-12-28(26)36)32(25)29(38)15-16-43-45(7,8)35(4,5)6/h9-14,17-19,29H,15-16,20-22H2,1-8H3,(H,37,39)/t29-,44?/m1/s1. The van der Waals surface area contributed by atoms with E-state index in [-0.39, 0.29) is 23.8 Å².